The van der Waals surface area contributed by atoms with Gasteiger partial charge in [0.25, 0.3) is 0 Å². The van der Waals surface area contributed by atoms with Gasteiger partial charge in [0.1, 0.15) is 5.82 Å². The maximum atomic E-state index is 13.9. The lowest BCUT2D eigenvalue weighted by Crippen LogP contribution is -2.11. The average Bonchev–Trinajstić information content (AvgIpc) is 2.60. The number of aryl methyl sites for hydroxylation is 2. The van der Waals surface area contributed by atoms with Gasteiger partial charge >= 0.3 is 0 Å². The summed E-state index contributed by atoms with van der Waals surface area (Å²) in [6, 6.07) is 10.7. The number of halogens is 3. The number of hydrogen-bond acceptors (Lipinski definition) is 2. The van der Waals surface area contributed by atoms with Crippen molar-refractivity contribution in [3.05, 3.63) is 77.1 Å². The Labute approximate surface area is 155 Å². The molecule has 0 radical (unpaired) electrons. The van der Waals surface area contributed by atoms with Gasteiger partial charge in [-0.3, -0.25) is 0 Å². The van der Waals surface area contributed by atoms with Crippen molar-refractivity contribution in [2.24, 2.45) is 5.14 Å². The fourth-order valence-electron chi connectivity index (χ4n) is 2.95. The van der Waals surface area contributed by atoms with Crippen LogP contribution in [0.3, 0.4) is 0 Å². The van der Waals surface area contributed by atoms with Crippen LogP contribution in [0.5, 0.6) is 0 Å². The molecule has 0 atom stereocenters. The fraction of sp³-hybridized carbons (Fsp3) is 0.100. The standard InChI is InChI=1S/C20H16F3NO2S/c1-11-7-14(8-12(2)20(11)23)17-10-19(22)18(21)9-16(17)13-3-5-15(6-4-13)27(24,25)26/h3-10H,1-2H3,(H2,24,25,26). The second-order valence-corrected chi connectivity index (χ2v) is 7.87. The van der Waals surface area contributed by atoms with Crippen molar-refractivity contribution >= 4 is 10.0 Å². The third-order valence-electron chi connectivity index (χ3n) is 4.30. The van der Waals surface area contributed by atoms with E-state index in [9.17, 15) is 21.6 Å². The van der Waals surface area contributed by atoms with E-state index in [0.29, 0.717) is 33.4 Å². The molecule has 27 heavy (non-hydrogen) atoms. The maximum Gasteiger partial charge on any atom is 0.238 e. The van der Waals surface area contributed by atoms with E-state index in [2.05, 4.69) is 0 Å². The maximum absolute atomic E-state index is 13.9. The summed E-state index contributed by atoms with van der Waals surface area (Å²) < 4.78 is 64.6. The van der Waals surface area contributed by atoms with Crippen molar-refractivity contribution < 1.29 is 21.6 Å². The first-order chi connectivity index (χ1) is 12.6. The van der Waals surface area contributed by atoms with Crippen LogP contribution in [0.1, 0.15) is 11.1 Å². The van der Waals surface area contributed by atoms with E-state index in [1.165, 1.54) is 24.3 Å². The van der Waals surface area contributed by atoms with Gasteiger partial charge < -0.3 is 0 Å². The van der Waals surface area contributed by atoms with Gasteiger partial charge in [-0.25, -0.2) is 26.7 Å². The summed E-state index contributed by atoms with van der Waals surface area (Å²) >= 11 is 0. The lowest BCUT2D eigenvalue weighted by atomic mass is 9.92. The van der Waals surface area contributed by atoms with Crippen molar-refractivity contribution in [1.82, 2.24) is 0 Å². The highest BCUT2D eigenvalue weighted by molar-refractivity contribution is 7.89. The molecule has 2 N–H and O–H groups in total. The molecule has 140 valence electrons. The molecule has 0 saturated carbocycles. The first-order valence-corrected chi connectivity index (χ1v) is 9.52. The molecule has 0 aliphatic carbocycles. The van der Waals surface area contributed by atoms with Crippen molar-refractivity contribution in [3.8, 4) is 22.3 Å². The minimum Gasteiger partial charge on any atom is -0.225 e. The zero-order valence-electron chi connectivity index (χ0n) is 14.6. The third-order valence-corrected chi connectivity index (χ3v) is 5.23. The molecule has 0 unspecified atom stereocenters. The molecule has 0 aliphatic rings. The molecule has 0 bridgehead atoms. The average molecular weight is 391 g/mol. The molecule has 3 aromatic carbocycles. The molecule has 3 rings (SSSR count). The minimum atomic E-state index is -3.87. The number of primary sulfonamides is 1. The summed E-state index contributed by atoms with van der Waals surface area (Å²) in [4.78, 5) is -0.0937. The molecular formula is C20H16F3NO2S. The molecule has 0 fully saturated rings. The highest BCUT2D eigenvalue weighted by Gasteiger charge is 2.16. The van der Waals surface area contributed by atoms with Gasteiger partial charge in [0.05, 0.1) is 4.90 Å². The molecule has 0 spiro atoms. The number of hydrogen-bond donors (Lipinski definition) is 1. The first kappa shape index (κ1) is 19.1. The Kier molecular flexibility index (Phi) is 4.84. The molecule has 0 heterocycles. The van der Waals surface area contributed by atoms with Gasteiger partial charge in [-0.15, -0.1) is 0 Å². The molecule has 0 aromatic heterocycles. The van der Waals surface area contributed by atoms with Crippen LogP contribution in [-0.4, -0.2) is 8.42 Å². The Balaban J connectivity index is 2.24. The summed E-state index contributed by atoms with van der Waals surface area (Å²) in [5, 5.41) is 5.09. The SMILES string of the molecule is Cc1cc(-c2cc(F)c(F)cc2-c2ccc(S(N)(=O)=O)cc2)cc(C)c1F. The lowest BCUT2D eigenvalue weighted by Gasteiger charge is -2.14. The van der Waals surface area contributed by atoms with E-state index in [1.54, 1.807) is 26.0 Å². The van der Waals surface area contributed by atoms with E-state index >= 15 is 0 Å². The smallest absolute Gasteiger partial charge is 0.225 e. The monoisotopic (exact) mass is 391 g/mol. The Bertz CT molecular complexity index is 1120. The molecular weight excluding hydrogens is 375 g/mol. The van der Waals surface area contributed by atoms with E-state index in [-0.39, 0.29) is 10.7 Å². The van der Waals surface area contributed by atoms with Crippen molar-refractivity contribution in [2.75, 3.05) is 0 Å². The molecule has 0 aliphatic heterocycles. The first-order valence-electron chi connectivity index (χ1n) is 7.97. The summed E-state index contributed by atoms with van der Waals surface area (Å²) in [5.74, 6) is -2.44. The highest BCUT2D eigenvalue weighted by atomic mass is 32.2. The van der Waals surface area contributed by atoms with E-state index in [1.807, 2.05) is 0 Å². The molecule has 3 aromatic rings. The van der Waals surface area contributed by atoms with E-state index in [0.717, 1.165) is 12.1 Å². The minimum absolute atomic E-state index is 0.0937. The lowest BCUT2D eigenvalue weighted by molar-refractivity contribution is 0.509. The van der Waals surface area contributed by atoms with Gasteiger partial charge in [-0.05, 0) is 83.6 Å². The van der Waals surface area contributed by atoms with Crippen LogP contribution in [0.2, 0.25) is 0 Å². The summed E-state index contributed by atoms with van der Waals surface area (Å²) in [5.41, 5.74) is 2.46. The highest BCUT2D eigenvalue weighted by Crippen LogP contribution is 2.35. The molecule has 7 heteroatoms. The normalized spacial score (nSPS) is 11.6. The summed E-state index contributed by atoms with van der Waals surface area (Å²) in [6.07, 6.45) is 0. The Morgan fingerprint density at radius 1 is 0.741 bits per heavy atom. The number of sulfonamides is 1. The van der Waals surface area contributed by atoms with Crippen LogP contribution in [0.4, 0.5) is 13.2 Å². The van der Waals surface area contributed by atoms with Gasteiger partial charge in [-0.2, -0.15) is 0 Å². The third kappa shape index (κ3) is 3.74. The quantitative estimate of drug-likeness (QED) is 0.703. The van der Waals surface area contributed by atoms with Crippen molar-refractivity contribution in [3.63, 3.8) is 0 Å². The van der Waals surface area contributed by atoms with Crippen molar-refractivity contribution in [1.29, 1.82) is 0 Å². The number of rotatable bonds is 3. The number of nitrogens with two attached hydrogens (primary N) is 1. The summed E-state index contributed by atoms with van der Waals surface area (Å²) in [6.45, 7) is 3.18. The van der Waals surface area contributed by atoms with Gasteiger partial charge in [-0.1, -0.05) is 12.1 Å². The topological polar surface area (TPSA) is 60.2 Å². The van der Waals surface area contributed by atoms with Crippen LogP contribution in [0.25, 0.3) is 22.3 Å². The number of benzene rings is 3. The van der Waals surface area contributed by atoms with Crippen molar-refractivity contribution in [2.45, 2.75) is 18.7 Å². The van der Waals surface area contributed by atoms with Gasteiger partial charge in [0.2, 0.25) is 10.0 Å². The van der Waals surface area contributed by atoms with Crippen LogP contribution >= 0.6 is 0 Å². The molecule has 0 amide bonds. The Morgan fingerprint density at radius 2 is 1.19 bits per heavy atom. The zero-order chi connectivity index (χ0) is 19.9. The zero-order valence-corrected chi connectivity index (χ0v) is 15.4. The van der Waals surface area contributed by atoms with Crippen LogP contribution in [0.15, 0.2) is 53.4 Å². The van der Waals surface area contributed by atoms with Gasteiger partial charge in [0.15, 0.2) is 11.6 Å². The molecule has 0 saturated heterocycles. The van der Waals surface area contributed by atoms with Crippen LogP contribution in [-0.2, 0) is 10.0 Å². The predicted octanol–water partition coefficient (Wildman–Crippen LogP) is 4.70. The Hall–Kier alpha value is -2.64. The predicted molar refractivity (Wildman–Crippen MR) is 98.0 cm³/mol. The van der Waals surface area contributed by atoms with E-state index in [4.69, 9.17) is 5.14 Å². The second kappa shape index (κ2) is 6.83. The van der Waals surface area contributed by atoms with Gasteiger partial charge in [0, 0.05) is 0 Å². The largest absolute Gasteiger partial charge is 0.238 e. The Morgan fingerprint density at radius 3 is 1.63 bits per heavy atom. The summed E-state index contributed by atoms with van der Waals surface area (Å²) in [7, 11) is -3.87. The molecule has 3 nitrogen and oxygen atoms in total. The second-order valence-electron chi connectivity index (χ2n) is 6.31. The van der Waals surface area contributed by atoms with Crippen LogP contribution < -0.4 is 5.14 Å². The van der Waals surface area contributed by atoms with Crippen LogP contribution in [0, 0.1) is 31.3 Å². The van der Waals surface area contributed by atoms with E-state index < -0.39 is 21.7 Å². The fourth-order valence-corrected chi connectivity index (χ4v) is 3.47.